The third-order valence-corrected chi connectivity index (χ3v) is 3.89. The van der Waals surface area contributed by atoms with Crippen LogP contribution < -0.4 is 0 Å². The average Bonchev–Trinajstić information content (AvgIpc) is 2.44. The van der Waals surface area contributed by atoms with Gasteiger partial charge in [0.25, 0.3) is 0 Å². The van der Waals surface area contributed by atoms with Gasteiger partial charge in [0, 0.05) is 12.3 Å². The molecule has 1 aliphatic heterocycles. The number of likely N-dealkylation sites (N-methyl/N-ethyl adjacent to an activating group) is 1. The van der Waals surface area contributed by atoms with Crippen molar-refractivity contribution >= 4 is 5.97 Å². The van der Waals surface area contributed by atoms with E-state index in [2.05, 4.69) is 14.0 Å². The van der Waals surface area contributed by atoms with Gasteiger partial charge < -0.3 is 9.59 Å². The first-order valence-electron chi connectivity index (χ1n) is 4.66. The van der Waals surface area contributed by atoms with Crippen molar-refractivity contribution in [2.45, 2.75) is 31.8 Å². The highest BCUT2D eigenvalue weighted by Crippen LogP contribution is 2.56. The van der Waals surface area contributed by atoms with Gasteiger partial charge in [-0.1, -0.05) is 0 Å². The molecule has 0 amide bonds. The van der Waals surface area contributed by atoms with Crippen molar-refractivity contribution in [1.82, 2.24) is 0 Å². The number of hydrogen-bond acceptors (Lipinski definition) is 1. The Morgan fingerprint density at radius 1 is 1.67 bits per heavy atom. The van der Waals surface area contributed by atoms with Gasteiger partial charge in [0.1, 0.15) is 12.1 Å². The number of rotatable bonds is 3. The molecule has 0 radical (unpaired) electrons. The van der Waals surface area contributed by atoms with Crippen molar-refractivity contribution in [1.29, 1.82) is 0 Å². The minimum Gasteiger partial charge on any atom is -0.481 e. The smallest absolute Gasteiger partial charge is 0.303 e. The number of quaternary nitrogens is 1. The van der Waals surface area contributed by atoms with Gasteiger partial charge in [-0.25, -0.2) is 0 Å². The highest BCUT2D eigenvalue weighted by atomic mass is 16.4. The lowest BCUT2D eigenvalue weighted by molar-refractivity contribution is -0.796. The molecular formula is C9H16NO2+. The fourth-order valence-electron chi connectivity index (χ4n) is 2.92. The molecule has 2 fully saturated rings. The van der Waals surface area contributed by atoms with Gasteiger partial charge in [-0.05, 0) is 6.92 Å². The fraction of sp³-hybridized carbons (Fsp3) is 0.889. The summed E-state index contributed by atoms with van der Waals surface area (Å²) >= 11 is 0. The second kappa shape index (κ2) is 2.22. The Labute approximate surface area is 72.6 Å². The van der Waals surface area contributed by atoms with E-state index in [0.717, 1.165) is 23.5 Å². The molecule has 3 nitrogen and oxygen atoms in total. The maximum atomic E-state index is 10.5. The second-order valence-corrected chi connectivity index (χ2v) is 4.31. The number of carboxylic acids is 1. The van der Waals surface area contributed by atoms with Crippen LogP contribution in [0, 0.1) is 5.92 Å². The third-order valence-electron chi connectivity index (χ3n) is 3.89. The Balaban J connectivity index is 1.91. The van der Waals surface area contributed by atoms with Crippen LogP contribution in [0.25, 0.3) is 0 Å². The van der Waals surface area contributed by atoms with Crippen LogP contribution >= 0.6 is 0 Å². The van der Waals surface area contributed by atoms with Crippen molar-refractivity contribution in [3.8, 4) is 0 Å². The lowest BCUT2D eigenvalue weighted by Crippen LogP contribution is -2.27. The summed E-state index contributed by atoms with van der Waals surface area (Å²) in [6.45, 7) is 3.35. The van der Waals surface area contributed by atoms with Crippen LogP contribution in [-0.2, 0) is 4.79 Å². The van der Waals surface area contributed by atoms with E-state index in [9.17, 15) is 4.79 Å². The van der Waals surface area contributed by atoms with Gasteiger partial charge in [0.05, 0.1) is 20.0 Å². The molecule has 2 rings (SSSR count). The molecule has 0 aromatic carbocycles. The van der Waals surface area contributed by atoms with E-state index < -0.39 is 5.97 Å². The normalized spacial score (nSPS) is 49.3. The molecule has 4 unspecified atom stereocenters. The Hall–Kier alpha value is -0.570. The van der Waals surface area contributed by atoms with E-state index in [0.29, 0.717) is 18.4 Å². The highest BCUT2D eigenvalue weighted by molar-refractivity contribution is 5.67. The van der Waals surface area contributed by atoms with E-state index >= 15 is 0 Å². The molecular weight excluding hydrogens is 154 g/mol. The number of carboxylic acid groups (broad SMARTS) is 1. The Kier molecular flexibility index (Phi) is 1.49. The molecule has 0 spiro atoms. The number of hydrogen-bond donors (Lipinski definition) is 1. The predicted molar refractivity (Wildman–Crippen MR) is 44.7 cm³/mol. The minimum absolute atomic E-state index is 0.384. The number of likely N-dealkylation sites (tertiary alicyclic amines) is 1. The molecule has 3 heteroatoms. The van der Waals surface area contributed by atoms with Crippen molar-refractivity contribution in [3.63, 3.8) is 0 Å². The first kappa shape index (κ1) is 8.05. The first-order chi connectivity index (χ1) is 5.59. The van der Waals surface area contributed by atoms with E-state index in [1.165, 1.54) is 0 Å². The number of aliphatic carboxylic acids is 1. The predicted octanol–water partition coefficient (Wildman–Crippen LogP) is 0.698. The van der Waals surface area contributed by atoms with Crippen molar-refractivity contribution < 1.29 is 14.4 Å². The van der Waals surface area contributed by atoms with Crippen molar-refractivity contribution in [2.75, 3.05) is 13.6 Å². The van der Waals surface area contributed by atoms with Crippen LogP contribution in [0.3, 0.4) is 0 Å². The molecule has 1 saturated carbocycles. The maximum absolute atomic E-state index is 10.5. The van der Waals surface area contributed by atoms with Gasteiger partial charge >= 0.3 is 5.97 Å². The van der Waals surface area contributed by atoms with Gasteiger partial charge in [-0.3, -0.25) is 4.79 Å². The Bertz CT molecular complexity index is 229. The first-order valence-corrected chi connectivity index (χ1v) is 4.66. The second-order valence-electron chi connectivity index (χ2n) is 4.31. The largest absolute Gasteiger partial charge is 0.481 e. The molecule has 4 atom stereocenters. The molecule has 68 valence electrons. The summed E-state index contributed by atoms with van der Waals surface area (Å²) in [7, 11) is 2.25. The number of fused-ring (bicyclic) bond motifs is 1. The van der Waals surface area contributed by atoms with E-state index in [4.69, 9.17) is 5.11 Å². The van der Waals surface area contributed by atoms with Gasteiger partial charge in [-0.2, -0.15) is 0 Å². The summed E-state index contributed by atoms with van der Waals surface area (Å²) in [5.74, 6) is -0.162. The van der Waals surface area contributed by atoms with E-state index in [1.54, 1.807) is 0 Å². The van der Waals surface area contributed by atoms with E-state index in [-0.39, 0.29) is 0 Å². The molecule has 0 aromatic rings. The topological polar surface area (TPSA) is 37.3 Å². The van der Waals surface area contributed by atoms with Crippen LogP contribution in [0.15, 0.2) is 0 Å². The molecule has 0 aromatic heterocycles. The zero-order chi connectivity index (χ0) is 8.93. The highest BCUT2D eigenvalue weighted by Gasteiger charge is 2.73. The molecule has 1 heterocycles. The van der Waals surface area contributed by atoms with Gasteiger partial charge in [-0.15, -0.1) is 0 Å². The Morgan fingerprint density at radius 3 is 2.75 bits per heavy atom. The SMILES string of the molecule is CC[N+]1(C)C2CC(CC(=O)O)C21. The van der Waals surface area contributed by atoms with Crippen LogP contribution in [0.1, 0.15) is 19.8 Å². The summed E-state index contributed by atoms with van der Waals surface area (Å²) in [6, 6.07) is 1.49. The van der Waals surface area contributed by atoms with Crippen molar-refractivity contribution in [2.24, 2.45) is 5.92 Å². The molecule has 1 aliphatic carbocycles. The van der Waals surface area contributed by atoms with Crippen LogP contribution in [0.5, 0.6) is 0 Å². The van der Waals surface area contributed by atoms with E-state index in [1.807, 2.05) is 0 Å². The molecule has 0 bridgehead atoms. The minimum atomic E-state index is -0.631. The summed E-state index contributed by atoms with van der Waals surface area (Å²) in [4.78, 5) is 10.5. The Morgan fingerprint density at radius 2 is 2.33 bits per heavy atom. The molecule has 1 saturated heterocycles. The van der Waals surface area contributed by atoms with Crippen LogP contribution in [0.4, 0.5) is 0 Å². The number of carbonyl (C=O) groups is 1. The standard InChI is InChI=1S/C9H15NO2/c1-3-10(2)7-4-6(9(7)10)5-8(11)12/h6-7,9H,3-5H2,1-2H3/p+1. The summed E-state index contributed by atoms with van der Waals surface area (Å²) in [6.07, 6.45) is 1.52. The summed E-state index contributed by atoms with van der Waals surface area (Å²) < 4.78 is 1.14. The van der Waals surface area contributed by atoms with Gasteiger partial charge in [0.15, 0.2) is 0 Å². The summed E-state index contributed by atoms with van der Waals surface area (Å²) in [5.41, 5.74) is 0. The fourth-order valence-corrected chi connectivity index (χ4v) is 2.92. The lowest BCUT2D eigenvalue weighted by Gasteiger charge is -2.14. The molecule has 2 aliphatic rings. The van der Waals surface area contributed by atoms with Crippen LogP contribution in [0.2, 0.25) is 0 Å². The summed E-state index contributed by atoms with van der Waals surface area (Å²) in [5, 5.41) is 8.62. The quantitative estimate of drug-likeness (QED) is 0.500. The van der Waals surface area contributed by atoms with Crippen LogP contribution in [-0.4, -0.2) is 41.2 Å². The van der Waals surface area contributed by atoms with Gasteiger partial charge in [0.2, 0.25) is 0 Å². The zero-order valence-electron chi connectivity index (χ0n) is 7.66. The zero-order valence-corrected chi connectivity index (χ0v) is 7.66. The van der Waals surface area contributed by atoms with Crippen molar-refractivity contribution in [3.05, 3.63) is 0 Å². The maximum Gasteiger partial charge on any atom is 0.303 e. The number of nitrogens with zero attached hydrogens (tertiary/aromatic N) is 1. The lowest BCUT2D eigenvalue weighted by atomic mass is 9.83. The molecule has 12 heavy (non-hydrogen) atoms. The monoisotopic (exact) mass is 170 g/mol. The average molecular weight is 170 g/mol. The molecule has 1 N–H and O–H groups in total. The third kappa shape index (κ3) is 0.829.